The summed E-state index contributed by atoms with van der Waals surface area (Å²) in [5.74, 6) is -0.756. The Balaban J connectivity index is 2.97. The van der Waals surface area contributed by atoms with Gasteiger partial charge in [-0.2, -0.15) is 26.3 Å². The van der Waals surface area contributed by atoms with Crippen LogP contribution in [0.1, 0.15) is 37.0 Å². The highest BCUT2D eigenvalue weighted by Crippen LogP contribution is 2.36. The lowest BCUT2D eigenvalue weighted by molar-refractivity contribution is -0.149. The Kier molecular flexibility index (Phi) is 6.26. The Morgan fingerprint density at radius 3 is 1.88 bits per heavy atom. The first-order valence-corrected chi connectivity index (χ1v) is 7.05. The van der Waals surface area contributed by atoms with Gasteiger partial charge in [0.1, 0.15) is 6.04 Å². The largest absolute Gasteiger partial charge is 0.462 e. The smallest absolute Gasteiger partial charge is 0.416 e. The number of aryl methyl sites for hydroxylation is 1. The minimum Gasteiger partial charge on any atom is -0.462 e. The summed E-state index contributed by atoms with van der Waals surface area (Å²) < 4.78 is 81.3. The summed E-state index contributed by atoms with van der Waals surface area (Å²) in [6.07, 6.45) is -10.6. The minimum atomic E-state index is -4.91. The molecule has 9 heteroatoms. The van der Waals surface area contributed by atoms with Gasteiger partial charge in [0.05, 0.1) is 17.2 Å². The Morgan fingerprint density at radius 1 is 1.04 bits per heavy atom. The molecular formula is C15H17F6NO2. The van der Waals surface area contributed by atoms with E-state index in [0.29, 0.717) is 12.1 Å². The molecule has 0 saturated carbocycles. The van der Waals surface area contributed by atoms with Crippen molar-refractivity contribution in [3.8, 4) is 0 Å². The molecule has 0 spiro atoms. The van der Waals surface area contributed by atoms with Crippen molar-refractivity contribution in [1.29, 1.82) is 0 Å². The standard InChI is InChI=1S/C15H17F6NO2/c1-8(2)24-13(23)12(22)4-3-9-5-10(14(16,17)18)7-11(6-9)15(19,20)21/h5-8,12H,3-4,22H2,1-2H3/t12-/m1/s1. The zero-order valence-corrected chi connectivity index (χ0v) is 13.0. The van der Waals surface area contributed by atoms with Gasteiger partial charge in [0.2, 0.25) is 0 Å². The predicted molar refractivity (Wildman–Crippen MR) is 74.0 cm³/mol. The highest BCUT2D eigenvalue weighted by Gasteiger charge is 2.36. The lowest BCUT2D eigenvalue weighted by atomic mass is 9.99. The van der Waals surface area contributed by atoms with Crippen LogP contribution in [0.4, 0.5) is 26.3 Å². The van der Waals surface area contributed by atoms with Gasteiger partial charge >= 0.3 is 18.3 Å². The van der Waals surface area contributed by atoms with E-state index in [1.54, 1.807) is 13.8 Å². The van der Waals surface area contributed by atoms with E-state index < -0.39 is 41.6 Å². The van der Waals surface area contributed by atoms with Crippen LogP contribution in [-0.2, 0) is 28.3 Å². The number of esters is 1. The molecule has 2 N–H and O–H groups in total. The third-order valence-electron chi connectivity index (χ3n) is 3.05. The molecule has 3 nitrogen and oxygen atoms in total. The first-order chi connectivity index (χ1) is 10.8. The maximum absolute atomic E-state index is 12.7. The zero-order chi connectivity index (χ0) is 18.7. The van der Waals surface area contributed by atoms with Crippen molar-refractivity contribution >= 4 is 5.97 Å². The first-order valence-electron chi connectivity index (χ1n) is 7.05. The SMILES string of the molecule is CC(C)OC(=O)[C@H](N)CCc1cc(C(F)(F)F)cc(C(F)(F)F)c1. The fourth-order valence-electron chi connectivity index (χ4n) is 1.92. The third kappa shape index (κ3) is 6.03. The summed E-state index contributed by atoms with van der Waals surface area (Å²) in [5, 5.41) is 0. The summed E-state index contributed by atoms with van der Waals surface area (Å²) in [5.41, 5.74) is 2.54. The molecule has 0 heterocycles. The Labute approximate surface area is 134 Å². The van der Waals surface area contributed by atoms with Crippen LogP contribution in [0.25, 0.3) is 0 Å². The molecule has 0 bridgehead atoms. The van der Waals surface area contributed by atoms with E-state index >= 15 is 0 Å². The van der Waals surface area contributed by atoms with Gasteiger partial charge in [-0.25, -0.2) is 0 Å². The van der Waals surface area contributed by atoms with Crippen LogP contribution in [0.2, 0.25) is 0 Å². The molecule has 1 rings (SSSR count). The second-order valence-corrected chi connectivity index (χ2v) is 5.54. The summed E-state index contributed by atoms with van der Waals surface area (Å²) in [4.78, 5) is 11.5. The van der Waals surface area contributed by atoms with E-state index in [2.05, 4.69) is 0 Å². The number of rotatable bonds is 5. The van der Waals surface area contributed by atoms with Gasteiger partial charge < -0.3 is 10.5 Å². The molecule has 0 aliphatic heterocycles. The second-order valence-electron chi connectivity index (χ2n) is 5.54. The summed E-state index contributed by atoms with van der Waals surface area (Å²) in [6.45, 7) is 3.18. The molecule has 0 saturated heterocycles. The van der Waals surface area contributed by atoms with Crippen LogP contribution in [-0.4, -0.2) is 18.1 Å². The fraction of sp³-hybridized carbons (Fsp3) is 0.533. The topological polar surface area (TPSA) is 52.3 Å². The van der Waals surface area contributed by atoms with Gasteiger partial charge in [0.15, 0.2) is 0 Å². The second kappa shape index (κ2) is 7.42. The summed E-state index contributed by atoms with van der Waals surface area (Å²) in [7, 11) is 0. The fourth-order valence-corrected chi connectivity index (χ4v) is 1.92. The van der Waals surface area contributed by atoms with Gasteiger partial charge in [-0.1, -0.05) is 0 Å². The highest BCUT2D eigenvalue weighted by molar-refractivity contribution is 5.75. The van der Waals surface area contributed by atoms with Crippen molar-refractivity contribution in [2.45, 2.75) is 51.2 Å². The van der Waals surface area contributed by atoms with Gasteiger partial charge in [-0.15, -0.1) is 0 Å². The van der Waals surface area contributed by atoms with E-state index in [1.165, 1.54) is 0 Å². The molecule has 1 atom stereocenters. The number of nitrogens with two attached hydrogens (primary N) is 1. The molecule has 24 heavy (non-hydrogen) atoms. The molecule has 0 fully saturated rings. The van der Waals surface area contributed by atoms with Crippen LogP contribution >= 0.6 is 0 Å². The molecule has 0 amide bonds. The van der Waals surface area contributed by atoms with Gasteiger partial charge in [0.25, 0.3) is 0 Å². The van der Waals surface area contributed by atoms with E-state index in [1.807, 2.05) is 0 Å². The Morgan fingerprint density at radius 2 is 1.50 bits per heavy atom. The lowest BCUT2D eigenvalue weighted by Gasteiger charge is -2.16. The lowest BCUT2D eigenvalue weighted by Crippen LogP contribution is -2.34. The zero-order valence-electron chi connectivity index (χ0n) is 13.0. The summed E-state index contributed by atoms with van der Waals surface area (Å²) >= 11 is 0. The van der Waals surface area contributed by atoms with Crippen LogP contribution in [0, 0.1) is 0 Å². The molecule has 0 aromatic heterocycles. The van der Waals surface area contributed by atoms with E-state index in [-0.39, 0.29) is 24.5 Å². The van der Waals surface area contributed by atoms with E-state index in [9.17, 15) is 31.1 Å². The average Bonchev–Trinajstić information content (AvgIpc) is 2.41. The quantitative estimate of drug-likeness (QED) is 0.642. The van der Waals surface area contributed by atoms with Crippen LogP contribution < -0.4 is 5.73 Å². The number of carbonyl (C=O) groups excluding carboxylic acids is 1. The van der Waals surface area contributed by atoms with Crippen molar-refractivity contribution < 1.29 is 35.9 Å². The predicted octanol–water partition coefficient (Wildman–Crippen LogP) is 3.94. The monoisotopic (exact) mass is 357 g/mol. The van der Waals surface area contributed by atoms with Crippen LogP contribution in [0.3, 0.4) is 0 Å². The Bertz CT molecular complexity index is 548. The number of hydrogen-bond acceptors (Lipinski definition) is 3. The van der Waals surface area contributed by atoms with Crippen LogP contribution in [0.5, 0.6) is 0 Å². The molecule has 1 aromatic rings. The number of carbonyl (C=O) groups is 1. The van der Waals surface area contributed by atoms with E-state index in [4.69, 9.17) is 10.5 Å². The molecule has 1 aromatic carbocycles. The van der Waals surface area contributed by atoms with Crippen molar-refractivity contribution in [3.05, 3.63) is 34.9 Å². The number of hydrogen-bond donors (Lipinski definition) is 1. The maximum atomic E-state index is 12.7. The Hall–Kier alpha value is -1.77. The minimum absolute atomic E-state index is 0.0520. The summed E-state index contributed by atoms with van der Waals surface area (Å²) in [6, 6.07) is 0.165. The maximum Gasteiger partial charge on any atom is 0.416 e. The van der Waals surface area contributed by atoms with Crippen molar-refractivity contribution in [3.63, 3.8) is 0 Å². The van der Waals surface area contributed by atoms with Crippen molar-refractivity contribution in [1.82, 2.24) is 0 Å². The molecule has 0 radical (unpaired) electrons. The van der Waals surface area contributed by atoms with E-state index in [0.717, 1.165) is 0 Å². The van der Waals surface area contributed by atoms with Crippen LogP contribution in [0.15, 0.2) is 18.2 Å². The first kappa shape index (κ1) is 20.3. The van der Waals surface area contributed by atoms with Gasteiger partial charge in [0, 0.05) is 0 Å². The average molecular weight is 357 g/mol. The number of ether oxygens (including phenoxy) is 1. The molecular weight excluding hydrogens is 340 g/mol. The molecule has 0 aliphatic carbocycles. The number of alkyl halides is 6. The highest BCUT2D eigenvalue weighted by atomic mass is 19.4. The number of benzene rings is 1. The third-order valence-corrected chi connectivity index (χ3v) is 3.05. The molecule has 0 unspecified atom stereocenters. The van der Waals surface area contributed by atoms with Crippen molar-refractivity contribution in [2.24, 2.45) is 5.73 Å². The van der Waals surface area contributed by atoms with Gasteiger partial charge in [-0.3, -0.25) is 4.79 Å². The normalized spacial score (nSPS) is 13.9. The van der Waals surface area contributed by atoms with Gasteiger partial charge in [-0.05, 0) is 50.5 Å². The number of halogens is 6. The molecule has 136 valence electrons. The molecule has 0 aliphatic rings. The van der Waals surface area contributed by atoms with Crippen molar-refractivity contribution in [2.75, 3.05) is 0 Å².